The smallest absolute Gasteiger partial charge is 0.268 e. The number of likely N-dealkylation sites (N-methyl/N-ethyl adjacent to an activating group) is 4. The normalized spacial score (nSPS) is 16.5. The quantitative estimate of drug-likeness (QED) is 0.316. The van der Waals surface area contributed by atoms with Crippen molar-refractivity contribution in [1.82, 2.24) is 19.6 Å². The highest BCUT2D eigenvalue weighted by Gasteiger charge is 2.39. The van der Waals surface area contributed by atoms with Gasteiger partial charge in [0.1, 0.15) is 17.0 Å². The largest absolute Gasteiger partial charge is 0.333 e. The van der Waals surface area contributed by atoms with Gasteiger partial charge >= 0.3 is 12.1 Å². The van der Waals surface area contributed by atoms with Crippen molar-refractivity contribution < 1.29 is 33.2 Å². The zero-order valence-corrected chi connectivity index (χ0v) is 24.8. The zero-order valence-electron chi connectivity index (χ0n) is 22.3. The van der Waals surface area contributed by atoms with E-state index in [4.69, 9.17) is 0 Å². The van der Waals surface area contributed by atoms with Gasteiger partial charge in [-0.05, 0) is 48.9 Å². The Balaban J connectivity index is 1.44. The first-order valence-electron chi connectivity index (χ1n) is 11.9. The number of hydrogen-bond acceptors (Lipinski definition) is 9. The van der Waals surface area contributed by atoms with Gasteiger partial charge in [0.15, 0.2) is 0 Å². The summed E-state index contributed by atoms with van der Waals surface area (Å²) in [5, 5.41) is 0. The van der Waals surface area contributed by atoms with Crippen molar-refractivity contribution in [2.24, 2.45) is 0 Å². The number of hydrogen-bond donors (Lipinski definition) is 0. The van der Waals surface area contributed by atoms with Crippen LogP contribution in [0.3, 0.4) is 0 Å². The first kappa shape index (κ1) is 28.3. The summed E-state index contributed by atoms with van der Waals surface area (Å²) in [7, 11) is 5.16. The monoisotopic (exact) mass is 612 g/mol. The molecular formula is C27H21FN4O6S3. The minimum atomic E-state index is -0.757. The molecule has 0 unspecified atom stereocenters. The Labute approximate surface area is 245 Å². The van der Waals surface area contributed by atoms with E-state index < -0.39 is 41.5 Å². The molecule has 8 amide bonds. The van der Waals surface area contributed by atoms with Gasteiger partial charge in [-0.3, -0.25) is 38.8 Å². The topological polar surface area (TPSA) is 115 Å². The van der Waals surface area contributed by atoms with Crippen molar-refractivity contribution in [2.75, 3.05) is 28.2 Å². The number of carbonyl (C=O) groups is 6. The number of barbiturate groups is 2. The molecule has 14 heteroatoms. The number of nitrogens with zero attached hydrogens (tertiary/aromatic N) is 4. The summed E-state index contributed by atoms with van der Waals surface area (Å²) >= 11 is 3.77. The number of rotatable bonds is 4. The predicted molar refractivity (Wildman–Crippen MR) is 153 cm³/mol. The van der Waals surface area contributed by atoms with Gasteiger partial charge in [0, 0.05) is 52.6 Å². The Kier molecular flexibility index (Phi) is 7.09. The summed E-state index contributed by atoms with van der Waals surface area (Å²) in [4.78, 5) is 81.1. The zero-order chi connectivity index (χ0) is 29.9. The molecule has 2 aliphatic heterocycles. The van der Waals surface area contributed by atoms with Crippen LogP contribution < -0.4 is 0 Å². The molecule has 5 rings (SSSR count). The molecule has 0 aliphatic carbocycles. The van der Waals surface area contributed by atoms with Crippen molar-refractivity contribution in [2.45, 2.75) is 6.92 Å². The van der Waals surface area contributed by atoms with Crippen LogP contribution in [0.4, 0.5) is 14.0 Å². The maximum atomic E-state index is 15.1. The molecule has 0 saturated carbocycles. The van der Waals surface area contributed by atoms with Crippen LogP contribution in [0.2, 0.25) is 0 Å². The molecule has 3 aromatic rings. The molecule has 0 radical (unpaired) electrons. The molecular weight excluding hydrogens is 592 g/mol. The summed E-state index contributed by atoms with van der Waals surface area (Å²) in [5.41, 5.74) is 0.529. The van der Waals surface area contributed by atoms with Gasteiger partial charge in [-0.2, -0.15) is 0 Å². The second-order valence-electron chi connectivity index (χ2n) is 9.29. The Morgan fingerprint density at radius 3 is 1.61 bits per heavy atom. The van der Waals surface area contributed by atoms with E-state index in [0.717, 1.165) is 46.3 Å². The molecule has 3 aromatic heterocycles. The Morgan fingerprint density at radius 2 is 1.10 bits per heavy atom. The van der Waals surface area contributed by atoms with E-state index in [2.05, 4.69) is 0 Å². The van der Waals surface area contributed by atoms with Crippen LogP contribution in [0.1, 0.15) is 15.3 Å². The SMILES string of the molecule is Cc1cc(-c2sc(C=C3C(=O)N(C)C(=O)N(C)C3=O)cc2F)sc1-c1ccc(C=C2C(=O)N(C)C(=O)N(C)C2=O)s1. The standard InChI is InChI=1S/C27H21FN4O6S3/c1-12-8-19(21-17(28)11-14(40-21)10-16-24(35)31(4)27(38)32(5)25(16)36)41-20(12)18-7-6-13(39-18)9-15-22(33)29(2)26(37)30(3)23(15)34/h6-11H,1-5H3. The third kappa shape index (κ3) is 4.73. The van der Waals surface area contributed by atoms with E-state index in [1.165, 1.54) is 69.1 Å². The molecule has 0 N–H and O–H groups in total. The van der Waals surface area contributed by atoms with Gasteiger partial charge in [0.2, 0.25) is 0 Å². The minimum Gasteiger partial charge on any atom is -0.268 e. The van der Waals surface area contributed by atoms with E-state index in [0.29, 0.717) is 19.5 Å². The van der Waals surface area contributed by atoms with Crippen LogP contribution in [0.15, 0.2) is 35.4 Å². The molecule has 0 atom stereocenters. The summed E-state index contributed by atoms with van der Waals surface area (Å²) in [6, 6.07) is 5.24. The van der Waals surface area contributed by atoms with Crippen LogP contribution in [0.25, 0.3) is 31.7 Å². The third-order valence-electron chi connectivity index (χ3n) is 6.56. The molecule has 41 heavy (non-hydrogen) atoms. The highest BCUT2D eigenvalue weighted by atomic mass is 32.1. The number of urea groups is 2. The number of amides is 8. The van der Waals surface area contributed by atoms with Gasteiger partial charge in [-0.25, -0.2) is 14.0 Å². The van der Waals surface area contributed by atoms with Crippen molar-refractivity contribution in [3.8, 4) is 19.5 Å². The van der Waals surface area contributed by atoms with Crippen molar-refractivity contribution in [3.63, 3.8) is 0 Å². The Bertz CT molecular complexity index is 1710. The summed E-state index contributed by atoms with van der Waals surface area (Å²) in [6.45, 7) is 1.88. The van der Waals surface area contributed by atoms with Gasteiger partial charge in [-0.1, -0.05) is 0 Å². The molecule has 10 nitrogen and oxygen atoms in total. The summed E-state index contributed by atoms with van der Waals surface area (Å²) < 4.78 is 15.1. The molecule has 5 heterocycles. The molecule has 2 saturated heterocycles. The number of aryl methyl sites for hydroxylation is 1. The second-order valence-corrected chi connectivity index (χ2v) is 12.5. The van der Waals surface area contributed by atoms with Crippen molar-refractivity contribution in [1.29, 1.82) is 0 Å². The highest BCUT2D eigenvalue weighted by Crippen LogP contribution is 2.44. The lowest BCUT2D eigenvalue weighted by molar-refractivity contribution is -0.135. The van der Waals surface area contributed by atoms with Crippen LogP contribution in [0.5, 0.6) is 0 Å². The van der Waals surface area contributed by atoms with E-state index in [1.807, 2.05) is 19.1 Å². The fraction of sp³-hybridized carbons (Fsp3) is 0.185. The number of thiophene rings is 3. The molecule has 0 bridgehead atoms. The number of imide groups is 4. The number of carbonyl (C=O) groups excluding carboxylic acids is 6. The van der Waals surface area contributed by atoms with Gasteiger partial charge < -0.3 is 0 Å². The number of halogens is 1. The average Bonchev–Trinajstić information content (AvgIpc) is 3.67. The fourth-order valence-corrected chi connectivity index (χ4v) is 7.63. The first-order valence-corrected chi connectivity index (χ1v) is 14.4. The van der Waals surface area contributed by atoms with Crippen LogP contribution in [-0.2, 0) is 19.2 Å². The molecule has 2 fully saturated rings. The Hall–Kier alpha value is -4.27. The van der Waals surface area contributed by atoms with E-state index in [-0.39, 0.29) is 11.1 Å². The van der Waals surface area contributed by atoms with E-state index in [9.17, 15) is 28.8 Å². The maximum Gasteiger partial charge on any atom is 0.333 e. The van der Waals surface area contributed by atoms with Crippen molar-refractivity contribution in [3.05, 3.63) is 56.5 Å². The van der Waals surface area contributed by atoms with Gasteiger partial charge in [0.25, 0.3) is 23.6 Å². The molecule has 210 valence electrons. The first-order chi connectivity index (χ1) is 19.3. The molecule has 0 aromatic carbocycles. The molecule has 0 spiro atoms. The lowest BCUT2D eigenvalue weighted by atomic mass is 10.1. The van der Waals surface area contributed by atoms with Gasteiger partial charge in [0.05, 0.1) is 4.88 Å². The highest BCUT2D eigenvalue weighted by molar-refractivity contribution is 7.27. The van der Waals surface area contributed by atoms with E-state index in [1.54, 1.807) is 6.07 Å². The summed E-state index contributed by atoms with van der Waals surface area (Å²) in [5.74, 6) is -3.39. The van der Waals surface area contributed by atoms with Crippen LogP contribution >= 0.6 is 34.0 Å². The lowest BCUT2D eigenvalue weighted by Gasteiger charge is -2.28. The second kappa shape index (κ2) is 10.3. The van der Waals surface area contributed by atoms with E-state index >= 15 is 4.39 Å². The maximum absolute atomic E-state index is 15.1. The minimum absolute atomic E-state index is 0.120. The fourth-order valence-electron chi connectivity index (χ4n) is 4.25. The van der Waals surface area contributed by atoms with Crippen molar-refractivity contribution >= 4 is 81.9 Å². The lowest BCUT2D eigenvalue weighted by Crippen LogP contribution is -2.52. The van der Waals surface area contributed by atoms with Crippen LogP contribution in [-0.4, -0.2) is 83.5 Å². The Morgan fingerprint density at radius 1 is 0.610 bits per heavy atom. The average molecular weight is 613 g/mol. The summed E-state index contributed by atoms with van der Waals surface area (Å²) in [6.07, 6.45) is 2.75. The van der Waals surface area contributed by atoms with Gasteiger partial charge in [-0.15, -0.1) is 34.0 Å². The third-order valence-corrected chi connectivity index (χ3v) is 10.2. The van der Waals surface area contributed by atoms with Crippen LogP contribution in [0, 0.1) is 12.7 Å². The molecule has 2 aliphatic rings. The predicted octanol–water partition coefficient (Wildman–Crippen LogP) is 4.52.